The number of hydrogen-bond acceptors (Lipinski definition) is 8. The fraction of sp³-hybridized carbons (Fsp3) is 0. The Labute approximate surface area is 310 Å². The van der Waals surface area contributed by atoms with Gasteiger partial charge in [0.1, 0.15) is 0 Å². The van der Waals surface area contributed by atoms with Gasteiger partial charge in [-0.05, 0) is 23.3 Å². The summed E-state index contributed by atoms with van der Waals surface area (Å²) < 4.78 is 0. The first kappa shape index (κ1) is 32.7. The van der Waals surface area contributed by atoms with Crippen LogP contribution in [0.2, 0.25) is 0 Å². The lowest BCUT2D eigenvalue weighted by Crippen LogP contribution is -2.05. The number of aromatic nitrogens is 6. The Kier molecular flexibility index (Phi) is 8.52. The molecule has 54 heavy (non-hydrogen) atoms. The minimum atomic E-state index is -0.210. The van der Waals surface area contributed by atoms with E-state index in [0.717, 1.165) is 22.3 Å². The molecule has 0 amide bonds. The zero-order valence-electron chi connectivity index (χ0n) is 28.2. The molecular formula is C44H22N10. The molecule has 0 fully saturated rings. The Morgan fingerprint density at radius 3 is 0.907 bits per heavy atom. The van der Waals surface area contributed by atoms with Crippen LogP contribution in [-0.4, -0.2) is 29.9 Å². The molecule has 8 rings (SSSR count). The number of rotatable bonds is 6. The van der Waals surface area contributed by atoms with E-state index in [-0.39, 0.29) is 34.2 Å². The maximum atomic E-state index is 10.3. The molecule has 248 valence electrons. The summed E-state index contributed by atoms with van der Waals surface area (Å²) in [5, 5.41) is 20.6. The first-order valence-corrected chi connectivity index (χ1v) is 16.6. The lowest BCUT2D eigenvalue weighted by molar-refractivity contribution is 1.03. The maximum absolute atomic E-state index is 10.3. The average Bonchev–Trinajstić information content (AvgIpc) is 3.80. The molecule has 0 saturated heterocycles. The van der Waals surface area contributed by atoms with Crippen LogP contribution in [0.25, 0.3) is 66.4 Å². The quantitative estimate of drug-likeness (QED) is 0.125. The van der Waals surface area contributed by atoms with Crippen molar-refractivity contribution < 1.29 is 0 Å². The topological polar surface area (TPSA) is 134 Å². The van der Waals surface area contributed by atoms with E-state index >= 15 is 0 Å². The van der Waals surface area contributed by atoms with Gasteiger partial charge in [-0.15, -0.1) is 0 Å². The summed E-state index contributed by atoms with van der Waals surface area (Å²) in [6, 6.07) is 41.9. The fourth-order valence-corrected chi connectivity index (χ4v) is 6.29. The van der Waals surface area contributed by atoms with Gasteiger partial charge in [0.25, 0.3) is 11.4 Å². The van der Waals surface area contributed by atoms with E-state index in [9.17, 15) is 10.5 Å². The van der Waals surface area contributed by atoms with E-state index in [4.69, 9.17) is 43.0 Å². The van der Waals surface area contributed by atoms with Crippen molar-refractivity contribution in [1.82, 2.24) is 29.9 Å². The molecule has 2 aliphatic rings. The first-order chi connectivity index (χ1) is 26.6. The van der Waals surface area contributed by atoms with Crippen LogP contribution in [0, 0.1) is 35.8 Å². The first-order valence-electron chi connectivity index (χ1n) is 16.6. The molecule has 6 aromatic rings. The van der Waals surface area contributed by atoms with Crippen LogP contribution >= 0.6 is 0 Å². The largest absolute Gasteiger partial charge is 0.270 e. The van der Waals surface area contributed by atoms with E-state index in [1.165, 1.54) is 0 Å². The summed E-state index contributed by atoms with van der Waals surface area (Å²) in [5.41, 5.74) is 4.75. The van der Waals surface area contributed by atoms with Gasteiger partial charge in [-0.25, -0.2) is 50.1 Å². The molecule has 2 heterocycles. The summed E-state index contributed by atoms with van der Waals surface area (Å²) in [6.07, 6.45) is 3.45. The van der Waals surface area contributed by atoms with Crippen molar-refractivity contribution in [3.05, 3.63) is 202 Å². The van der Waals surface area contributed by atoms with Gasteiger partial charge in [-0.1, -0.05) is 121 Å². The number of hydrogen-bond donors (Lipinski definition) is 0. The van der Waals surface area contributed by atoms with E-state index in [2.05, 4.69) is 21.8 Å². The second kappa shape index (κ2) is 14.1. The monoisotopic (exact) mass is 690 g/mol. The van der Waals surface area contributed by atoms with Gasteiger partial charge in [0, 0.05) is 44.5 Å². The molecule has 10 heteroatoms. The van der Waals surface area contributed by atoms with Gasteiger partial charge in [-0.3, -0.25) is 0 Å². The molecule has 0 aliphatic heterocycles. The molecule has 0 unspecified atom stereocenters. The summed E-state index contributed by atoms with van der Waals surface area (Å²) >= 11 is 0. The van der Waals surface area contributed by atoms with Crippen LogP contribution in [0.5, 0.6) is 0 Å². The molecule has 10 nitrogen and oxygen atoms in total. The van der Waals surface area contributed by atoms with Crippen LogP contribution in [0.4, 0.5) is 0 Å². The van der Waals surface area contributed by atoms with Crippen molar-refractivity contribution in [1.29, 1.82) is 10.5 Å². The van der Waals surface area contributed by atoms with E-state index in [1.54, 1.807) is 12.2 Å². The zero-order chi connectivity index (χ0) is 37.0. The van der Waals surface area contributed by atoms with Crippen LogP contribution < -0.4 is 0 Å². The summed E-state index contributed by atoms with van der Waals surface area (Å²) in [5.74, 6) is 2.02. The third-order valence-corrected chi connectivity index (χ3v) is 8.73. The van der Waals surface area contributed by atoms with Gasteiger partial charge in [0.2, 0.25) is 0 Å². The Morgan fingerprint density at radius 1 is 0.407 bits per heavy atom. The highest BCUT2D eigenvalue weighted by molar-refractivity contribution is 6.03. The number of allylic oxidation sites excluding steroid dienone is 10. The van der Waals surface area contributed by atoms with Crippen molar-refractivity contribution in [2.45, 2.75) is 0 Å². The molecule has 0 atom stereocenters. The van der Waals surface area contributed by atoms with Crippen LogP contribution in [0.3, 0.4) is 0 Å². The van der Waals surface area contributed by atoms with Crippen LogP contribution in [0.1, 0.15) is 11.6 Å². The van der Waals surface area contributed by atoms with Crippen molar-refractivity contribution in [2.24, 2.45) is 0 Å². The van der Waals surface area contributed by atoms with Crippen molar-refractivity contribution >= 4 is 11.1 Å². The Morgan fingerprint density at radius 2 is 0.667 bits per heavy atom. The highest BCUT2D eigenvalue weighted by atomic mass is 15.0. The molecule has 0 N–H and O–H groups in total. The van der Waals surface area contributed by atoms with Crippen molar-refractivity contribution in [3.8, 4) is 57.7 Å². The third kappa shape index (κ3) is 5.91. The Hall–Kier alpha value is -8.44. The Bertz CT molecular complexity index is 2480. The molecule has 2 aliphatic carbocycles. The lowest BCUT2D eigenvalue weighted by atomic mass is 9.98. The minimum absolute atomic E-state index is 0.210. The predicted molar refractivity (Wildman–Crippen MR) is 203 cm³/mol. The molecule has 0 spiro atoms. The maximum Gasteiger partial charge on any atom is 0.270 e. The van der Waals surface area contributed by atoms with Crippen molar-refractivity contribution in [3.63, 3.8) is 0 Å². The number of nitrogens with zero attached hydrogens (tertiary/aromatic N) is 10. The average molecular weight is 691 g/mol. The molecule has 0 radical (unpaired) electrons. The minimum Gasteiger partial charge on any atom is -0.226 e. The smallest absolute Gasteiger partial charge is 0.226 e. The van der Waals surface area contributed by atoms with Gasteiger partial charge in [0.05, 0.1) is 25.3 Å². The molecule has 2 aromatic heterocycles. The SMILES string of the molecule is [C-]#[N+]/C(C#N)=C1\C(c2nc(-c3ccccc3)nc(-c3ccccc3)n2)=CC2=C1C=C(c1nc(-c3ccccc3)nc(-c3ccccc3)n1)/C2=C(\C#N)[N+]#[C-]. The standard InChI is InChI=1S/C44H22N10/c1-47-35(25-45)37-31-23-34(44-53-41(29-19-11-5-12-20-29)50-42(54-44)30-21-13-6-14-22-30)38(36(26-46)48-2)32(31)24-33(37)43-51-39(27-15-7-3-8-16-27)49-40(52-43)28-17-9-4-10-18-28/h3-24H/b37-35-,38-36+. The number of benzene rings is 4. The summed E-state index contributed by atoms with van der Waals surface area (Å²) in [7, 11) is 0. The highest BCUT2D eigenvalue weighted by Gasteiger charge is 2.37. The van der Waals surface area contributed by atoms with E-state index in [1.807, 2.05) is 121 Å². The second-order valence-corrected chi connectivity index (χ2v) is 11.9. The molecule has 0 bridgehead atoms. The second-order valence-electron chi connectivity index (χ2n) is 11.9. The van der Waals surface area contributed by atoms with E-state index < -0.39 is 0 Å². The van der Waals surface area contributed by atoms with Gasteiger partial charge < -0.3 is 0 Å². The number of nitriles is 2. The van der Waals surface area contributed by atoms with Crippen molar-refractivity contribution in [2.75, 3.05) is 0 Å². The third-order valence-electron chi connectivity index (χ3n) is 8.73. The van der Waals surface area contributed by atoms with Gasteiger partial charge in [-0.2, -0.15) is 0 Å². The van der Waals surface area contributed by atoms with E-state index in [0.29, 0.717) is 45.6 Å². The normalized spacial score (nSPS) is 14.8. The summed E-state index contributed by atoms with van der Waals surface area (Å²) in [4.78, 5) is 36.2. The Balaban J connectivity index is 1.36. The van der Waals surface area contributed by atoms with Crippen LogP contribution in [0.15, 0.2) is 167 Å². The van der Waals surface area contributed by atoms with Crippen LogP contribution in [-0.2, 0) is 0 Å². The zero-order valence-corrected chi connectivity index (χ0v) is 28.2. The van der Waals surface area contributed by atoms with Gasteiger partial charge in [0.15, 0.2) is 34.9 Å². The summed E-state index contributed by atoms with van der Waals surface area (Å²) in [6.45, 7) is 16.1. The lowest BCUT2D eigenvalue weighted by Gasteiger charge is -2.13. The molecule has 0 saturated carbocycles. The predicted octanol–water partition coefficient (Wildman–Crippen LogP) is 8.91. The van der Waals surface area contributed by atoms with Gasteiger partial charge >= 0.3 is 0 Å². The molecule has 4 aromatic carbocycles. The highest BCUT2D eigenvalue weighted by Crippen LogP contribution is 2.51. The fourth-order valence-electron chi connectivity index (χ4n) is 6.29. The molecular weight excluding hydrogens is 669 g/mol.